The standard InChI is InChI=1S/C31H37F3N8O3/c1-39-10-12-40(13-11-39)21-29(43)38-27-18-23(7-9-35-27)22-45-26-6-3-8-36-28(20-26)41-14-16-42(17-15-41)30(44)37-25-5-2-4-24(19-25)31(32,33)34/h2-9,18-19H,10-17,20-22H2,1H3,(H,37,44)(H,35,38,43). The lowest BCUT2D eigenvalue weighted by atomic mass is 10.2. The van der Waals surface area contributed by atoms with Crippen LogP contribution in [-0.2, 0) is 22.3 Å². The molecule has 0 radical (unpaired) electrons. The van der Waals surface area contributed by atoms with Gasteiger partial charge < -0.3 is 30.1 Å². The number of nitrogens with one attached hydrogen (secondary N) is 2. The molecule has 2 saturated heterocycles. The Morgan fingerprint density at radius 1 is 0.978 bits per heavy atom. The maximum Gasteiger partial charge on any atom is 0.416 e. The molecule has 14 heteroatoms. The van der Waals surface area contributed by atoms with Crippen LogP contribution in [0.25, 0.3) is 0 Å². The van der Waals surface area contributed by atoms with Crippen LogP contribution >= 0.6 is 0 Å². The number of benzene rings is 1. The van der Waals surface area contributed by atoms with Gasteiger partial charge in [0.1, 0.15) is 24.0 Å². The van der Waals surface area contributed by atoms with Crippen LogP contribution in [0.2, 0.25) is 0 Å². The van der Waals surface area contributed by atoms with Gasteiger partial charge in [0.05, 0.1) is 18.5 Å². The molecule has 2 fully saturated rings. The summed E-state index contributed by atoms with van der Waals surface area (Å²) in [7, 11) is 2.07. The number of nitrogens with zero attached hydrogens (tertiary/aromatic N) is 6. The highest BCUT2D eigenvalue weighted by molar-refractivity contribution is 5.91. The number of piperazine rings is 2. The van der Waals surface area contributed by atoms with E-state index in [0.29, 0.717) is 50.7 Å². The van der Waals surface area contributed by atoms with Gasteiger partial charge in [-0.2, -0.15) is 13.2 Å². The summed E-state index contributed by atoms with van der Waals surface area (Å²) >= 11 is 0. The Bertz CT molecular complexity index is 1450. The zero-order valence-electron chi connectivity index (χ0n) is 25.1. The Morgan fingerprint density at radius 2 is 1.76 bits per heavy atom. The average molecular weight is 627 g/mol. The van der Waals surface area contributed by atoms with Crippen molar-refractivity contribution in [2.75, 3.05) is 76.6 Å². The van der Waals surface area contributed by atoms with Crippen molar-refractivity contribution < 1.29 is 27.5 Å². The molecule has 1 aromatic carbocycles. The summed E-state index contributed by atoms with van der Waals surface area (Å²) in [6.07, 6.45) is 2.95. The van der Waals surface area contributed by atoms with E-state index in [4.69, 9.17) is 4.74 Å². The molecule has 2 N–H and O–H groups in total. The average Bonchev–Trinajstić information content (AvgIpc) is 3.27. The van der Waals surface area contributed by atoms with Gasteiger partial charge in [0.15, 0.2) is 0 Å². The highest BCUT2D eigenvalue weighted by Gasteiger charge is 2.31. The number of urea groups is 1. The fourth-order valence-electron chi connectivity index (χ4n) is 5.18. The topological polar surface area (TPSA) is 106 Å². The minimum Gasteiger partial charge on any atom is -0.493 e. The number of carbonyl (C=O) groups is 2. The fourth-order valence-corrected chi connectivity index (χ4v) is 5.18. The maximum atomic E-state index is 13.0. The van der Waals surface area contributed by atoms with Crippen molar-refractivity contribution in [2.24, 2.45) is 4.99 Å². The molecule has 3 aliphatic heterocycles. The summed E-state index contributed by atoms with van der Waals surface area (Å²) < 4.78 is 45.2. The van der Waals surface area contributed by atoms with E-state index in [0.717, 1.165) is 49.7 Å². The number of allylic oxidation sites excluding steroid dienone is 2. The Kier molecular flexibility index (Phi) is 10.4. The van der Waals surface area contributed by atoms with E-state index in [1.54, 1.807) is 29.4 Å². The van der Waals surface area contributed by atoms with Crippen LogP contribution in [0.4, 0.5) is 29.5 Å². The van der Waals surface area contributed by atoms with Gasteiger partial charge in [-0.3, -0.25) is 9.69 Å². The number of hydrogen-bond donors (Lipinski definition) is 2. The Balaban J connectivity index is 1.08. The Labute approximate surface area is 260 Å². The molecular formula is C31H37F3N8O3. The van der Waals surface area contributed by atoms with Crippen LogP contribution in [0.5, 0.6) is 0 Å². The molecule has 240 valence electrons. The number of hydrogen-bond acceptors (Lipinski definition) is 8. The second-order valence-electron chi connectivity index (χ2n) is 11.1. The van der Waals surface area contributed by atoms with Gasteiger partial charge in [-0.1, -0.05) is 6.07 Å². The van der Waals surface area contributed by atoms with Crippen LogP contribution in [0.1, 0.15) is 17.5 Å². The number of pyridine rings is 1. The number of alkyl halides is 3. The van der Waals surface area contributed by atoms with E-state index in [9.17, 15) is 22.8 Å². The fraction of sp³-hybridized carbons (Fsp3) is 0.419. The number of anilines is 2. The first kappa shape index (κ1) is 32.0. The number of aliphatic imine (C=N–C) groups is 1. The van der Waals surface area contributed by atoms with Crippen molar-refractivity contribution in [3.63, 3.8) is 0 Å². The lowest BCUT2D eigenvalue weighted by molar-refractivity contribution is -0.137. The number of rotatable bonds is 7. The van der Waals surface area contributed by atoms with Gasteiger partial charge in [-0.15, -0.1) is 0 Å². The van der Waals surface area contributed by atoms with Gasteiger partial charge in [-0.05, 0) is 55.1 Å². The molecular weight excluding hydrogens is 589 g/mol. The molecule has 5 rings (SSSR count). The molecule has 0 spiro atoms. The lowest BCUT2D eigenvalue weighted by Gasteiger charge is -2.36. The number of likely N-dealkylation sites (N-methyl/N-ethyl adjacent to an activating group) is 1. The predicted octanol–water partition coefficient (Wildman–Crippen LogP) is 3.85. The molecule has 0 unspecified atom stereocenters. The lowest BCUT2D eigenvalue weighted by Crippen LogP contribution is -2.51. The largest absolute Gasteiger partial charge is 0.493 e. The summed E-state index contributed by atoms with van der Waals surface area (Å²) in [5, 5.41) is 5.45. The minimum absolute atomic E-state index is 0.0943. The third-order valence-corrected chi connectivity index (χ3v) is 7.78. The zero-order valence-corrected chi connectivity index (χ0v) is 25.1. The first-order valence-electron chi connectivity index (χ1n) is 14.8. The monoisotopic (exact) mass is 626 g/mol. The smallest absolute Gasteiger partial charge is 0.416 e. The van der Waals surface area contributed by atoms with Crippen LogP contribution < -0.4 is 10.6 Å². The Hall–Kier alpha value is -4.43. The van der Waals surface area contributed by atoms with Gasteiger partial charge in [0.2, 0.25) is 5.91 Å². The molecule has 2 aromatic rings. The number of aromatic nitrogens is 1. The van der Waals surface area contributed by atoms with Crippen LogP contribution in [0, 0.1) is 0 Å². The van der Waals surface area contributed by atoms with Crippen molar-refractivity contribution in [2.45, 2.75) is 19.2 Å². The molecule has 1 aromatic heterocycles. The van der Waals surface area contributed by atoms with Crippen molar-refractivity contribution in [1.82, 2.24) is 24.6 Å². The van der Waals surface area contributed by atoms with E-state index >= 15 is 0 Å². The van der Waals surface area contributed by atoms with Crippen molar-refractivity contribution in [3.05, 3.63) is 77.8 Å². The predicted molar refractivity (Wildman–Crippen MR) is 164 cm³/mol. The summed E-state index contributed by atoms with van der Waals surface area (Å²) in [5.41, 5.74) is 0.133. The first-order chi connectivity index (χ1) is 21.6. The molecule has 3 aliphatic rings. The van der Waals surface area contributed by atoms with Gasteiger partial charge in [0.25, 0.3) is 0 Å². The van der Waals surface area contributed by atoms with E-state index in [2.05, 4.69) is 42.4 Å². The van der Waals surface area contributed by atoms with Crippen LogP contribution in [-0.4, -0.2) is 108 Å². The molecule has 0 saturated carbocycles. The van der Waals surface area contributed by atoms with Gasteiger partial charge >= 0.3 is 12.2 Å². The molecule has 0 atom stereocenters. The molecule has 4 heterocycles. The van der Waals surface area contributed by atoms with E-state index in [1.165, 1.54) is 12.1 Å². The zero-order chi connectivity index (χ0) is 31.8. The molecule has 0 aliphatic carbocycles. The normalized spacial score (nSPS) is 18.1. The summed E-state index contributed by atoms with van der Waals surface area (Å²) in [6, 6.07) is 7.77. The van der Waals surface area contributed by atoms with Crippen molar-refractivity contribution >= 4 is 29.3 Å². The van der Waals surface area contributed by atoms with Gasteiger partial charge in [0, 0.05) is 70.4 Å². The Morgan fingerprint density at radius 3 is 2.51 bits per heavy atom. The highest BCUT2D eigenvalue weighted by Crippen LogP contribution is 2.30. The van der Waals surface area contributed by atoms with E-state index < -0.39 is 17.8 Å². The summed E-state index contributed by atoms with van der Waals surface area (Å²) in [4.78, 5) is 42.1. The number of ether oxygens (including phenoxy) is 1. The van der Waals surface area contributed by atoms with E-state index in [1.807, 2.05) is 12.1 Å². The van der Waals surface area contributed by atoms with Crippen LogP contribution in [0.3, 0.4) is 0 Å². The SMILES string of the molecule is CN1CCN(CC(=O)Nc2cc(COC3=CC=CN=C(N4CCN(C(=O)Nc5cccc(C(F)(F)F)c5)CC4)C3)ccn2)CC1. The molecule has 3 amide bonds. The summed E-state index contributed by atoms with van der Waals surface area (Å²) in [6.45, 7) is 5.98. The molecule has 45 heavy (non-hydrogen) atoms. The quantitative estimate of drug-likeness (QED) is 0.481. The number of amidine groups is 1. The van der Waals surface area contributed by atoms with Gasteiger partial charge in [-0.25, -0.2) is 14.8 Å². The molecule has 11 nitrogen and oxygen atoms in total. The molecule has 0 bridgehead atoms. The second-order valence-corrected chi connectivity index (χ2v) is 11.1. The number of halogens is 3. The first-order valence-corrected chi connectivity index (χ1v) is 14.8. The third kappa shape index (κ3) is 9.28. The minimum atomic E-state index is -4.49. The van der Waals surface area contributed by atoms with E-state index in [-0.39, 0.29) is 18.2 Å². The number of amides is 3. The third-order valence-electron chi connectivity index (χ3n) is 7.78. The number of carbonyl (C=O) groups excluding carboxylic acids is 2. The van der Waals surface area contributed by atoms with Crippen LogP contribution in [0.15, 0.2) is 71.7 Å². The highest BCUT2D eigenvalue weighted by atomic mass is 19.4. The maximum absolute atomic E-state index is 13.0. The summed E-state index contributed by atoms with van der Waals surface area (Å²) in [5.74, 6) is 1.88. The van der Waals surface area contributed by atoms with Crippen molar-refractivity contribution in [3.8, 4) is 0 Å². The van der Waals surface area contributed by atoms with Crippen molar-refractivity contribution in [1.29, 1.82) is 0 Å². The second kappa shape index (κ2) is 14.6.